The van der Waals surface area contributed by atoms with Crippen LogP contribution in [0.25, 0.3) is 22.4 Å². The summed E-state index contributed by atoms with van der Waals surface area (Å²) in [7, 11) is -3.43. The van der Waals surface area contributed by atoms with Gasteiger partial charge >= 0.3 is 0 Å². The number of anilines is 1. The molecule has 0 fully saturated rings. The summed E-state index contributed by atoms with van der Waals surface area (Å²) in [4.78, 5) is 8.06. The van der Waals surface area contributed by atoms with E-state index in [1.54, 1.807) is 18.2 Å². The standard InChI is InChI=1S/C17H14FN3O2S/c1-24(22,23)21-16-11-19-15(10-20-16)14-9-5-8-13(17(14)18)12-6-3-2-4-7-12/h2-11H,1H3,(H,20,21). The highest BCUT2D eigenvalue weighted by Crippen LogP contribution is 2.29. The zero-order valence-electron chi connectivity index (χ0n) is 12.8. The number of sulfonamides is 1. The van der Waals surface area contributed by atoms with Crippen LogP contribution in [0.1, 0.15) is 0 Å². The Kier molecular flexibility index (Phi) is 4.26. The van der Waals surface area contributed by atoms with E-state index in [0.717, 1.165) is 11.8 Å². The number of nitrogens with zero attached hydrogens (tertiary/aromatic N) is 2. The minimum atomic E-state index is -3.43. The maximum Gasteiger partial charge on any atom is 0.231 e. The van der Waals surface area contributed by atoms with Crippen molar-refractivity contribution in [1.82, 2.24) is 9.97 Å². The van der Waals surface area contributed by atoms with Gasteiger partial charge in [0, 0.05) is 11.1 Å². The van der Waals surface area contributed by atoms with E-state index in [2.05, 4.69) is 14.7 Å². The van der Waals surface area contributed by atoms with E-state index in [0.29, 0.717) is 16.8 Å². The van der Waals surface area contributed by atoms with Crippen molar-refractivity contribution in [2.45, 2.75) is 0 Å². The molecule has 122 valence electrons. The van der Waals surface area contributed by atoms with Gasteiger partial charge in [0.1, 0.15) is 5.82 Å². The lowest BCUT2D eigenvalue weighted by atomic mass is 10.0. The lowest BCUT2D eigenvalue weighted by Gasteiger charge is -2.09. The second-order valence-electron chi connectivity index (χ2n) is 5.19. The lowest BCUT2D eigenvalue weighted by molar-refractivity contribution is 0.606. The highest BCUT2D eigenvalue weighted by atomic mass is 32.2. The number of aromatic nitrogens is 2. The molecule has 2 aromatic carbocycles. The third kappa shape index (κ3) is 3.57. The van der Waals surface area contributed by atoms with Crippen LogP contribution < -0.4 is 4.72 Å². The van der Waals surface area contributed by atoms with Crippen molar-refractivity contribution in [3.05, 3.63) is 66.7 Å². The molecule has 0 saturated heterocycles. The van der Waals surface area contributed by atoms with Gasteiger partial charge in [-0.3, -0.25) is 9.71 Å². The van der Waals surface area contributed by atoms with Crippen molar-refractivity contribution < 1.29 is 12.8 Å². The van der Waals surface area contributed by atoms with Crippen LogP contribution in [-0.2, 0) is 10.0 Å². The van der Waals surface area contributed by atoms with Crippen LogP contribution in [0.5, 0.6) is 0 Å². The minimum Gasteiger partial charge on any atom is -0.266 e. The molecule has 7 heteroatoms. The molecule has 0 unspecified atom stereocenters. The second kappa shape index (κ2) is 6.37. The van der Waals surface area contributed by atoms with Crippen LogP contribution in [0.15, 0.2) is 60.9 Å². The summed E-state index contributed by atoms with van der Waals surface area (Å²) in [6.07, 6.45) is 3.61. The van der Waals surface area contributed by atoms with Crippen molar-refractivity contribution in [3.63, 3.8) is 0 Å². The number of nitrogens with one attached hydrogen (secondary N) is 1. The number of hydrogen-bond acceptors (Lipinski definition) is 4. The van der Waals surface area contributed by atoms with E-state index in [-0.39, 0.29) is 5.82 Å². The highest BCUT2D eigenvalue weighted by Gasteiger charge is 2.13. The number of hydrogen-bond donors (Lipinski definition) is 1. The molecule has 0 aliphatic heterocycles. The van der Waals surface area contributed by atoms with Crippen LogP contribution >= 0.6 is 0 Å². The molecular formula is C17H14FN3O2S. The van der Waals surface area contributed by atoms with Crippen LogP contribution in [0.3, 0.4) is 0 Å². The van der Waals surface area contributed by atoms with E-state index < -0.39 is 15.8 Å². The van der Waals surface area contributed by atoms with Gasteiger partial charge in [0.05, 0.1) is 24.3 Å². The van der Waals surface area contributed by atoms with Crippen LogP contribution in [0, 0.1) is 5.82 Å². The van der Waals surface area contributed by atoms with Crippen molar-refractivity contribution in [2.24, 2.45) is 0 Å². The summed E-state index contributed by atoms with van der Waals surface area (Å²) < 4.78 is 39.4. The number of benzene rings is 2. The van der Waals surface area contributed by atoms with Gasteiger partial charge in [-0.2, -0.15) is 0 Å². The third-order valence-electron chi connectivity index (χ3n) is 3.30. The summed E-state index contributed by atoms with van der Waals surface area (Å²) in [5.74, 6) is -0.317. The average Bonchev–Trinajstić information content (AvgIpc) is 2.55. The number of halogens is 1. The first-order chi connectivity index (χ1) is 11.4. The van der Waals surface area contributed by atoms with E-state index >= 15 is 0 Å². The summed E-state index contributed by atoms with van der Waals surface area (Å²) in [6.45, 7) is 0. The Labute approximate surface area is 139 Å². The van der Waals surface area contributed by atoms with Crippen LogP contribution in [0.2, 0.25) is 0 Å². The fraction of sp³-hybridized carbons (Fsp3) is 0.0588. The van der Waals surface area contributed by atoms with Crippen molar-refractivity contribution in [1.29, 1.82) is 0 Å². The van der Waals surface area contributed by atoms with Gasteiger partial charge in [0.25, 0.3) is 0 Å². The number of rotatable bonds is 4. The highest BCUT2D eigenvalue weighted by molar-refractivity contribution is 7.92. The summed E-state index contributed by atoms with van der Waals surface area (Å²) in [5.41, 5.74) is 1.85. The fourth-order valence-corrected chi connectivity index (χ4v) is 2.77. The first-order valence-electron chi connectivity index (χ1n) is 7.08. The van der Waals surface area contributed by atoms with Crippen molar-refractivity contribution >= 4 is 15.8 Å². The Morgan fingerprint density at radius 3 is 2.25 bits per heavy atom. The predicted octanol–water partition coefficient (Wildman–Crippen LogP) is 3.32. The van der Waals surface area contributed by atoms with Crippen LogP contribution in [0.4, 0.5) is 10.2 Å². The third-order valence-corrected chi connectivity index (χ3v) is 3.88. The molecule has 1 heterocycles. The van der Waals surface area contributed by atoms with E-state index in [1.807, 2.05) is 30.3 Å². The molecule has 3 aromatic rings. The first-order valence-corrected chi connectivity index (χ1v) is 8.97. The van der Waals surface area contributed by atoms with Gasteiger partial charge in [-0.15, -0.1) is 0 Å². The zero-order valence-corrected chi connectivity index (χ0v) is 13.6. The maximum atomic E-state index is 14.8. The Balaban J connectivity index is 1.99. The maximum absolute atomic E-state index is 14.8. The molecule has 0 aliphatic carbocycles. The quantitative estimate of drug-likeness (QED) is 0.789. The van der Waals surface area contributed by atoms with Gasteiger partial charge < -0.3 is 0 Å². The van der Waals surface area contributed by atoms with Crippen molar-refractivity contribution in [3.8, 4) is 22.4 Å². The van der Waals surface area contributed by atoms with Gasteiger partial charge in [-0.1, -0.05) is 42.5 Å². The smallest absolute Gasteiger partial charge is 0.231 e. The van der Waals surface area contributed by atoms with Crippen molar-refractivity contribution in [2.75, 3.05) is 11.0 Å². The molecule has 0 saturated carbocycles. The molecular weight excluding hydrogens is 329 g/mol. The Hall–Kier alpha value is -2.80. The Bertz CT molecular complexity index is 959. The molecule has 5 nitrogen and oxygen atoms in total. The fourth-order valence-electron chi connectivity index (χ4n) is 2.28. The molecule has 1 N–H and O–H groups in total. The second-order valence-corrected chi connectivity index (χ2v) is 6.94. The molecule has 24 heavy (non-hydrogen) atoms. The summed E-state index contributed by atoms with van der Waals surface area (Å²) in [5, 5.41) is 0. The molecule has 0 aliphatic rings. The summed E-state index contributed by atoms with van der Waals surface area (Å²) >= 11 is 0. The molecule has 0 bridgehead atoms. The first kappa shape index (κ1) is 16.1. The minimum absolute atomic E-state index is 0.0841. The van der Waals surface area contributed by atoms with E-state index in [4.69, 9.17) is 0 Å². The molecule has 1 aromatic heterocycles. The molecule has 0 radical (unpaired) electrons. The average molecular weight is 343 g/mol. The van der Waals surface area contributed by atoms with Gasteiger partial charge in [-0.05, 0) is 11.6 Å². The Morgan fingerprint density at radius 2 is 1.62 bits per heavy atom. The summed E-state index contributed by atoms with van der Waals surface area (Å²) in [6, 6.07) is 14.2. The van der Waals surface area contributed by atoms with E-state index in [9.17, 15) is 12.8 Å². The van der Waals surface area contributed by atoms with Gasteiger partial charge in [0.2, 0.25) is 10.0 Å². The molecule has 0 spiro atoms. The topological polar surface area (TPSA) is 72.0 Å². The largest absolute Gasteiger partial charge is 0.266 e. The predicted molar refractivity (Wildman–Crippen MR) is 91.3 cm³/mol. The molecule has 0 amide bonds. The van der Waals surface area contributed by atoms with Gasteiger partial charge in [0.15, 0.2) is 5.82 Å². The zero-order chi connectivity index (χ0) is 17.2. The van der Waals surface area contributed by atoms with E-state index in [1.165, 1.54) is 12.4 Å². The SMILES string of the molecule is CS(=O)(=O)Nc1cnc(-c2cccc(-c3ccccc3)c2F)cn1. The monoisotopic (exact) mass is 343 g/mol. The van der Waals surface area contributed by atoms with Crippen LogP contribution in [-0.4, -0.2) is 24.6 Å². The lowest BCUT2D eigenvalue weighted by Crippen LogP contribution is -2.11. The van der Waals surface area contributed by atoms with Gasteiger partial charge in [-0.25, -0.2) is 17.8 Å². The molecule has 3 rings (SSSR count). The Morgan fingerprint density at radius 1 is 0.917 bits per heavy atom. The molecule has 0 atom stereocenters. The normalized spacial score (nSPS) is 11.2.